The van der Waals surface area contributed by atoms with E-state index in [-0.39, 0.29) is 5.91 Å². The third-order valence-electron chi connectivity index (χ3n) is 4.90. The summed E-state index contributed by atoms with van der Waals surface area (Å²) in [5.74, 6) is 0.526. The Morgan fingerprint density at radius 2 is 2.17 bits per heavy atom. The van der Waals surface area contributed by atoms with Gasteiger partial charge in [0.1, 0.15) is 0 Å². The normalized spacial score (nSPS) is 18.7. The van der Waals surface area contributed by atoms with Crippen LogP contribution in [0.5, 0.6) is 0 Å². The van der Waals surface area contributed by atoms with E-state index in [1.807, 2.05) is 17.0 Å². The molecule has 0 aromatic carbocycles. The molecule has 1 amide bonds. The second-order valence-corrected chi connectivity index (χ2v) is 6.85. The van der Waals surface area contributed by atoms with Gasteiger partial charge < -0.3 is 9.47 Å². The van der Waals surface area contributed by atoms with Crippen molar-refractivity contribution in [2.45, 2.75) is 52.5 Å². The fourth-order valence-corrected chi connectivity index (χ4v) is 3.87. The number of carbonyl (C=O) groups excluding carboxylic acids is 1. The molecule has 0 saturated carbocycles. The number of aromatic amines is 1. The molecule has 0 spiro atoms. The fraction of sp³-hybridized carbons (Fsp3) is 0.556. The number of aromatic nitrogens is 3. The van der Waals surface area contributed by atoms with Crippen molar-refractivity contribution in [2.75, 3.05) is 13.1 Å². The van der Waals surface area contributed by atoms with E-state index >= 15 is 0 Å². The average molecular weight is 314 g/mol. The van der Waals surface area contributed by atoms with Crippen molar-refractivity contribution in [3.63, 3.8) is 0 Å². The second-order valence-electron chi connectivity index (χ2n) is 6.85. The summed E-state index contributed by atoms with van der Waals surface area (Å²) in [7, 11) is 0. The van der Waals surface area contributed by atoms with Gasteiger partial charge in [0.15, 0.2) is 0 Å². The van der Waals surface area contributed by atoms with Crippen LogP contribution < -0.4 is 0 Å². The summed E-state index contributed by atoms with van der Waals surface area (Å²) in [6.45, 7) is 10.1. The highest BCUT2D eigenvalue weighted by Crippen LogP contribution is 2.28. The first-order chi connectivity index (χ1) is 11.0. The van der Waals surface area contributed by atoms with Crippen LogP contribution in [0.3, 0.4) is 0 Å². The van der Waals surface area contributed by atoms with Gasteiger partial charge in [-0.3, -0.25) is 9.89 Å². The fourth-order valence-electron chi connectivity index (χ4n) is 3.87. The van der Waals surface area contributed by atoms with Crippen LogP contribution in [0.1, 0.15) is 66.1 Å². The molecule has 5 nitrogen and oxygen atoms in total. The number of H-pyrrole nitrogens is 1. The highest BCUT2D eigenvalue weighted by Gasteiger charge is 2.28. The van der Waals surface area contributed by atoms with Gasteiger partial charge >= 0.3 is 0 Å². The number of carbonyl (C=O) groups is 1. The van der Waals surface area contributed by atoms with Gasteiger partial charge in [0, 0.05) is 48.3 Å². The van der Waals surface area contributed by atoms with Crippen LogP contribution in [0.25, 0.3) is 0 Å². The van der Waals surface area contributed by atoms with Gasteiger partial charge in [0.2, 0.25) is 0 Å². The average Bonchev–Trinajstić information content (AvgIpc) is 3.15. The molecule has 3 rings (SSSR count). The molecule has 1 atom stereocenters. The van der Waals surface area contributed by atoms with Crippen molar-refractivity contribution in [3.8, 4) is 0 Å². The maximum Gasteiger partial charge on any atom is 0.255 e. The minimum absolute atomic E-state index is 0.161. The highest BCUT2D eigenvalue weighted by molar-refractivity contribution is 5.95. The number of rotatable bonds is 3. The Hall–Kier alpha value is -2.04. The molecular formula is C18H26N4O. The summed E-state index contributed by atoms with van der Waals surface area (Å²) < 4.78 is 2.24. The zero-order valence-corrected chi connectivity index (χ0v) is 14.5. The molecule has 5 heteroatoms. The van der Waals surface area contributed by atoms with Crippen LogP contribution in [0.4, 0.5) is 0 Å². The molecule has 3 heterocycles. The van der Waals surface area contributed by atoms with Crippen LogP contribution in [-0.4, -0.2) is 38.7 Å². The third-order valence-corrected chi connectivity index (χ3v) is 4.90. The van der Waals surface area contributed by atoms with Gasteiger partial charge in [-0.15, -0.1) is 0 Å². The summed E-state index contributed by atoms with van der Waals surface area (Å²) in [6.07, 6.45) is 3.93. The number of likely N-dealkylation sites (tertiary alicyclic amines) is 1. The predicted octanol–water partition coefficient (Wildman–Crippen LogP) is 3.43. The molecule has 0 radical (unpaired) electrons. The summed E-state index contributed by atoms with van der Waals surface area (Å²) in [5, 5.41) is 7.10. The molecule has 1 aliphatic rings. The van der Waals surface area contributed by atoms with Gasteiger partial charge in [0.05, 0.1) is 5.56 Å². The van der Waals surface area contributed by atoms with E-state index in [0.717, 1.165) is 48.6 Å². The summed E-state index contributed by atoms with van der Waals surface area (Å²) >= 11 is 0. The van der Waals surface area contributed by atoms with Crippen molar-refractivity contribution >= 4 is 5.91 Å². The highest BCUT2D eigenvalue weighted by atomic mass is 16.2. The van der Waals surface area contributed by atoms with Gasteiger partial charge in [-0.2, -0.15) is 5.10 Å². The second kappa shape index (κ2) is 6.22. The van der Waals surface area contributed by atoms with Gasteiger partial charge in [-0.05, 0) is 52.7 Å². The molecule has 0 bridgehead atoms. The quantitative estimate of drug-likeness (QED) is 0.943. The lowest BCUT2D eigenvalue weighted by Crippen LogP contribution is -2.39. The largest absolute Gasteiger partial charge is 0.346 e. The van der Waals surface area contributed by atoms with Crippen LogP contribution in [-0.2, 0) is 0 Å². The molecule has 0 unspecified atom stereocenters. The van der Waals surface area contributed by atoms with Crippen LogP contribution >= 0.6 is 0 Å². The predicted molar refractivity (Wildman–Crippen MR) is 90.8 cm³/mol. The number of hydrogen-bond donors (Lipinski definition) is 1. The number of amides is 1. The number of piperidine rings is 1. The van der Waals surface area contributed by atoms with Crippen LogP contribution in [0, 0.1) is 13.8 Å². The number of aryl methyl sites for hydroxylation is 1. The third kappa shape index (κ3) is 2.92. The van der Waals surface area contributed by atoms with Crippen LogP contribution in [0.15, 0.2) is 18.3 Å². The lowest BCUT2D eigenvalue weighted by Gasteiger charge is -2.32. The van der Waals surface area contributed by atoms with E-state index < -0.39 is 0 Å². The van der Waals surface area contributed by atoms with E-state index in [2.05, 4.69) is 42.5 Å². The van der Waals surface area contributed by atoms with Crippen molar-refractivity contribution in [1.29, 1.82) is 0 Å². The molecule has 2 aromatic heterocycles. The van der Waals surface area contributed by atoms with E-state index in [1.54, 1.807) is 6.20 Å². The summed E-state index contributed by atoms with van der Waals surface area (Å²) in [6, 6.07) is 4.43. The standard InChI is InChI=1S/C18H26N4O/c1-12(2)22-13(3)10-16(14(22)4)18(23)21-9-5-6-15(11-21)17-7-8-19-20-17/h7-8,10,12,15H,5-6,9,11H2,1-4H3,(H,19,20)/t15-/m0/s1. The topological polar surface area (TPSA) is 53.9 Å². The Morgan fingerprint density at radius 3 is 2.78 bits per heavy atom. The Morgan fingerprint density at radius 1 is 1.39 bits per heavy atom. The van der Waals surface area contributed by atoms with Gasteiger partial charge in [0.25, 0.3) is 5.91 Å². The number of nitrogens with zero attached hydrogens (tertiary/aromatic N) is 3. The molecule has 2 aromatic rings. The molecule has 1 N–H and O–H groups in total. The minimum atomic E-state index is 0.161. The minimum Gasteiger partial charge on any atom is -0.346 e. The monoisotopic (exact) mass is 314 g/mol. The van der Waals surface area contributed by atoms with Crippen molar-refractivity contribution in [2.24, 2.45) is 0 Å². The first kappa shape index (κ1) is 15.8. The molecular weight excluding hydrogens is 288 g/mol. The molecule has 124 valence electrons. The Bertz CT molecular complexity index is 684. The summed E-state index contributed by atoms with van der Waals surface area (Å²) in [5.41, 5.74) is 4.21. The first-order valence-electron chi connectivity index (χ1n) is 8.46. The molecule has 1 saturated heterocycles. The number of hydrogen-bond acceptors (Lipinski definition) is 2. The Kier molecular flexibility index (Phi) is 4.28. The van der Waals surface area contributed by atoms with Gasteiger partial charge in [-0.25, -0.2) is 0 Å². The zero-order chi connectivity index (χ0) is 16.6. The molecule has 1 aliphatic heterocycles. The van der Waals surface area contributed by atoms with Crippen molar-refractivity contribution in [3.05, 3.63) is 41.0 Å². The maximum absolute atomic E-state index is 13.0. The molecule has 1 fully saturated rings. The zero-order valence-electron chi connectivity index (χ0n) is 14.5. The maximum atomic E-state index is 13.0. The van der Waals surface area contributed by atoms with E-state index in [0.29, 0.717) is 12.0 Å². The molecule has 23 heavy (non-hydrogen) atoms. The van der Waals surface area contributed by atoms with E-state index in [1.165, 1.54) is 0 Å². The lowest BCUT2D eigenvalue weighted by molar-refractivity contribution is 0.0705. The number of nitrogens with one attached hydrogen (secondary N) is 1. The van der Waals surface area contributed by atoms with Crippen LogP contribution in [0.2, 0.25) is 0 Å². The Labute approximate surface area is 137 Å². The molecule has 0 aliphatic carbocycles. The smallest absolute Gasteiger partial charge is 0.255 e. The van der Waals surface area contributed by atoms with Crippen molar-refractivity contribution in [1.82, 2.24) is 19.7 Å². The first-order valence-corrected chi connectivity index (χ1v) is 8.46. The Balaban J connectivity index is 1.82. The lowest BCUT2D eigenvalue weighted by atomic mass is 9.94. The van der Waals surface area contributed by atoms with Gasteiger partial charge in [-0.1, -0.05) is 0 Å². The summed E-state index contributed by atoms with van der Waals surface area (Å²) in [4.78, 5) is 15.0. The van der Waals surface area contributed by atoms with E-state index in [9.17, 15) is 4.79 Å². The van der Waals surface area contributed by atoms with Crippen molar-refractivity contribution < 1.29 is 4.79 Å². The van der Waals surface area contributed by atoms with E-state index in [4.69, 9.17) is 0 Å². The SMILES string of the molecule is Cc1cc(C(=O)N2CCC[C@H](c3ccn[nH]3)C2)c(C)n1C(C)C.